The number of hydrogen-bond acceptors (Lipinski definition) is 4. The van der Waals surface area contributed by atoms with Crippen molar-refractivity contribution in [2.24, 2.45) is 0 Å². The fraction of sp³-hybridized carbons (Fsp3) is 1.00. The Labute approximate surface area is 355 Å². The molecule has 0 bridgehead atoms. The highest BCUT2D eigenvalue weighted by atomic mass is 31.2. The van der Waals surface area contributed by atoms with Gasteiger partial charge in [0.05, 0.1) is 81.6 Å². The van der Waals surface area contributed by atoms with E-state index >= 15 is 0 Å². The Hall–Kier alpha value is -0.0100. The molecule has 0 fully saturated rings. The summed E-state index contributed by atoms with van der Waals surface area (Å²) in [7, 11) is 9.03. The van der Waals surface area contributed by atoms with E-state index in [0.29, 0.717) is 0 Å². The highest BCUT2D eigenvalue weighted by Crippen LogP contribution is 2.13. The van der Waals surface area contributed by atoms with Crippen LogP contribution < -0.4 is 14.7 Å². The molecule has 0 aliphatic rings. The van der Waals surface area contributed by atoms with Crippen LogP contribution in [0.15, 0.2) is 0 Å². The molecule has 0 N–H and O–H groups in total. The molecular formula is C48H108N3O4P. The third kappa shape index (κ3) is 65.8. The minimum atomic E-state index is -5.39. The second-order valence-electron chi connectivity index (χ2n) is 19.1. The highest BCUT2D eigenvalue weighted by molar-refractivity contribution is 7.40. The molecule has 0 spiro atoms. The summed E-state index contributed by atoms with van der Waals surface area (Å²) in [5.41, 5.74) is 0. The van der Waals surface area contributed by atoms with Crippen LogP contribution in [0.2, 0.25) is 0 Å². The van der Waals surface area contributed by atoms with Crippen LogP contribution in [0.5, 0.6) is 0 Å². The minimum Gasteiger partial charge on any atom is -0.822 e. The van der Waals surface area contributed by atoms with E-state index in [-0.39, 0.29) is 0 Å². The summed E-state index contributed by atoms with van der Waals surface area (Å²) < 4.78 is 12.3. The summed E-state index contributed by atoms with van der Waals surface area (Å²) >= 11 is 0. The minimum absolute atomic E-state index is 1.23. The molecule has 0 radical (unpaired) electrons. The molecule has 7 nitrogen and oxygen atoms in total. The Morgan fingerprint density at radius 3 is 0.482 bits per heavy atom. The van der Waals surface area contributed by atoms with Gasteiger partial charge in [-0.05, 0) is 77.0 Å². The molecule has 0 saturated carbocycles. The Bertz CT molecular complexity index is 647. The van der Waals surface area contributed by atoms with Gasteiger partial charge in [-0.25, -0.2) is 0 Å². The van der Waals surface area contributed by atoms with E-state index in [1.807, 2.05) is 0 Å². The molecule has 0 atom stereocenters. The van der Waals surface area contributed by atoms with Gasteiger partial charge in [-0.2, -0.15) is 7.82 Å². The Kier molecular flexibility index (Phi) is 49.8. The van der Waals surface area contributed by atoms with E-state index in [9.17, 15) is 0 Å². The molecule has 0 aromatic heterocycles. The smallest absolute Gasteiger partial charge is 0.0782 e. The van der Waals surface area contributed by atoms with Gasteiger partial charge in [0.2, 0.25) is 0 Å². The van der Waals surface area contributed by atoms with Crippen molar-refractivity contribution in [3.63, 3.8) is 0 Å². The lowest BCUT2D eigenvalue weighted by atomic mass is 10.1. The van der Waals surface area contributed by atoms with Gasteiger partial charge in [0.1, 0.15) is 0 Å². The second-order valence-corrected chi connectivity index (χ2v) is 20.0. The predicted octanol–water partition coefficient (Wildman–Crippen LogP) is 12.2. The van der Waals surface area contributed by atoms with Crippen LogP contribution in [0.4, 0.5) is 0 Å². The van der Waals surface area contributed by atoms with Gasteiger partial charge in [0.15, 0.2) is 0 Å². The van der Waals surface area contributed by atoms with Gasteiger partial charge in [0.25, 0.3) is 0 Å². The molecule has 8 heteroatoms. The number of unbranched alkanes of at least 4 members (excludes halogenated alkanes) is 24. The monoisotopic (exact) mass is 822 g/mol. The van der Waals surface area contributed by atoms with Crippen molar-refractivity contribution >= 4 is 7.82 Å². The lowest BCUT2D eigenvalue weighted by molar-refractivity contribution is -0.890. The molecule has 0 saturated heterocycles. The van der Waals surface area contributed by atoms with Crippen molar-refractivity contribution in [3.8, 4) is 0 Å². The van der Waals surface area contributed by atoms with Crippen LogP contribution in [0.25, 0.3) is 0 Å². The lowest BCUT2D eigenvalue weighted by Gasteiger charge is -2.36. The maximum Gasteiger partial charge on any atom is 0.0782 e. The molecule has 0 aromatic carbocycles. The van der Waals surface area contributed by atoms with Crippen molar-refractivity contribution in [1.29, 1.82) is 0 Å². The number of nitrogens with zero attached hydrogens (tertiary/aromatic N) is 3. The van der Waals surface area contributed by atoms with Crippen molar-refractivity contribution in [2.75, 3.05) is 81.6 Å². The zero-order chi connectivity index (χ0) is 43.5. The van der Waals surface area contributed by atoms with Crippen LogP contribution in [-0.2, 0) is 4.57 Å². The molecule has 0 rings (SSSR count). The first-order valence-electron chi connectivity index (χ1n) is 24.6. The normalized spacial score (nSPS) is 12.0. The lowest BCUT2D eigenvalue weighted by Crippen LogP contribution is -2.41. The Morgan fingerprint density at radius 2 is 0.375 bits per heavy atom. The molecule has 0 unspecified atom stereocenters. The van der Waals surface area contributed by atoms with E-state index in [2.05, 4.69) is 83.8 Å². The summed E-state index contributed by atoms with van der Waals surface area (Å²) in [6.07, 6.45) is 42.4. The molecule has 0 amide bonds. The van der Waals surface area contributed by atoms with E-state index in [1.165, 1.54) is 245 Å². The predicted molar refractivity (Wildman–Crippen MR) is 246 cm³/mol. The fourth-order valence-electron chi connectivity index (χ4n) is 7.20. The quantitative estimate of drug-likeness (QED) is 0.0358. The first-order chi connectivity index (χ1) is 26.4. The number of quaternary nitrogens is 3. The highest BCUT2D eigenvalue weighted by Gasteiger charge is 2.15. The van der Waals surface area contributed by atoms with Gasteiger partial charge in [-0.3, -0.25) is 0 Å². The number of phosphoric acid groups is 1. The molecule has 56 heavy (non-hydrogen) atoms. The molecular weight excluding hydrogens is 714 g/mol. The second kappa shape index (κ2) is 44.5. The Morgan fingerprint density at radius 1 is 0.268 bits per heavy atom. The third-order valence-corrected chi connectivity index (χ3v) is 11.2. The van der Waals surface area contributed by atoms with E-state index in [1.54, 1.807) is 0 Å². The van der Waals surface area contributed by atoms with E-state index < -0.39 is 7.82 Å². The standard InChI is InChI=1S/3C16H36N.H3O4P/c3*1-5-7-9-11-13-15-17(3,4)16-14-12-10-8-6-2;1-5(2,3)4/h3*5-16H2,1-4H3;(H3,1,2,3,4)/q3*+1;/p-3. The van der Waals surface area contributed by atoms with Gasteiger partial charge < -0.3 is 32.7 Å². The zero-order valence-electron chi connectivity index (χ0n) is 40.9. The van der Waals surface area contributed by atoms with Crippen LogP contribution in [0, 0.1) is 0 Å². The summed E-state index contributed by atoms with van der Waals surface area (Å²) in [6.45, 7) is 22.0. The zero-order valence-corrected chi connectivity index (χ0v) is 41.8. The van der Waals surface area contributed by atoms with Gasteiger partial charge >= 0.3 is 0 Å². The number of rotatable bonds is 36. The first-order valence-corrected chi connectivity index (χ1v) is 26.0. The molecule has 0 aliphatic carbocycles. The summed E-state index contributed by atoms with van der Waals surface area (Å²) in [5.74, 6) is 0. The molecule has 0 aliphatic heterocycles. The van der Waals surface area contributed by atoms with E-state index in [4.69, 9.17) is 19.2 Å². The molecule has 0 aromatic rings. The maximum absolute atomic E-state index is 8.55. The third-order valence-electron chi connectivity index (χ3n) is 11.2. The largest absolute Gasteiger partial charge is 0.822 e. The van der Waals surface area contributed by atoms with Crippen molar-refractivity contribution < 1.29 is 32.7 Å². The van der Waals surface area contributed by atoms with Crippen LogP contribution in [0.1, 0.15) is 234 Å². The average Bonchev–Trinajstić information content (AvgIpc) is 3.11. The van der Waals surface area contributed by atoms with Gasteiger partial charge in [-0.1, -0.05) is 157 Å². The average molecular weight is 822 g/mol. The van der Waals surface area contributed by atoms with Crippen LogP contribution in [-0.4, -0.2) is 95.0 Å². The van der Waals surface area contributed by atoms with Crippen molar-refractivity contribution in [3.05, 3.63) is 0 Å². The van der Waals surface area contributed by atoms with Gasteiger partial charge in [0, 0.05) is 0 Å². The summed E-state index contributed by atoms with van der Waals surface area (Å²) in [4.78, 5) is 25.6. The fourth-order valence-corrected chi connectivity index (χ4v) is 7.20. The van der Waals surface area contributed by atoms with Crippen LogP contribution >= 0.6 is 7.82 Å². The summed E-state index contributed by atoms with van der Waals surface area (Å²) in [5, 5.41) is 0. The van der Waals surface area contributed by atoms with Crippen LogP contribution in [0.3, 0.4) is 0 Å². The topological polar surface area (TPSA) is 86.2 Å². The summed E-state index contributed by atoms with van der Waals surface area (Å²) in [6, 6.07) is 0. The van der Waals surface area contributed by atoms with E-state index in [0.717, 1.165) is 0 Å². The van der Waals surface area contributed by atoms with Crippen molar-refractivity contribution in [2.45, 2.75) is 234 Å². The number of hydrogen-bond donors (Lipinski definition) is 0. The maximum atomic E-state index is 8.55. The Balaban J connectivity index is -0.000000340. The molecule has 0 heterocycles. The van der Waals surface area contributed by atoms with Crippen molar-refractivity contribution in [1.82, 2.24) is 0 Å². The van der Waals surface area contributed by atoms with Gasteiger partial charge in [-0.15, -0.1) is 0 Å². The first kappa shape index (κ1) is 62.6. The molecule has 344 valence electrons. The SMILES string of the molecule is CCCCCCC[N+](C)(C)CCCCCCC.CCCCCCC[N+](C)(C)CCCCCCC.CCCCCCC[N+](C)(C)CCCCCCC.O=P([O-])([O-])[O-].